The lowest BCUT2D eigenvalue weighted by molar-refractivity contribution is -0.385. The predicted octanol–water partition coefficient (Wildman–Crippen LogP) is 2.23. The highest BCUT2D eigenvalue weighted by Crippen LogP contribution is 2.19. The zero-order chi connectivity index (χ0) is 19.3. The summed E-state index contributed by atoms with van der Waals surface area (Å²) in [5.41, 5.74) is -0.0861. The average Bonchev–Trinajstić information content (AvgIpc) is 2.53. The molecule has 0 aliphatic carbocycles. The Labute approximate surface area is 146 Å². The topological polar surface area (TPSA) is 110 Å². The number of nitro benzene ring substituents is 1. The first kappa shape index (κ1) is 19.0. The van der Waals surface area contributed by atoms with E-state index in [4.69, 9.17) is 0 Å². The van der Waals surface area contributed by atoms with Gasteiger partial charge in [-0.3, -0.25) is 14.9 Å². The molecule has 0 bridgehead atoms. The molecule has 0 aromatic heterocycles. The van der Waals surface area contributed by atoms with E-state index in [1.165, 1.54) is 24.3 Å². The number of benzene rings is 2. The standard InChI is InChI=1S/C17H14F2N2O5/c18-12-5-10(6-13(19)9-12)7-16(22)20-14(17(23)24)8-11-3-1-2-4-15(11)21(25)26/h1-6,9,14H,7-8H2,(H,20,22)(H,23,24)/t14-/m1/s1. The molecule has 1 atom stereocenters. The zero-order valence-corrected chi connectivity index (χ0v) is 13.3. The van der Waals surface area contributed by atoms with Crippen molar-refractivity contribution in [2.24, 2.45) is 0 Å². The van der Waals surface area contributed by atoms with Crippen molar-refractivity contribution in [1.82, 2.24) is 5.32 Å². The number of aliphatic carboxylic acids is 1. The van der Waals surface area contributed by atoms with Crippen LogP contribution in [-0.4, -0.2) is 27.9 Å². The first-order chi connectivity index (χ1) is 12.3. The number of hydrogen-bond acceptors (Lipinski definition) is 4. The Hall–Kier alpha value is -3.36. The lowest BCUT2D eigenvalue weighted by Gasteiger charge is -2.15. The summed E-state index contributed by atoms with van der Waals surface area (Å²) in [6.45, 7) is 0. The van der Waals surface area contributed by atoms with Crippen LogP contribution < -0.4 is 5.32 Å². The molecule has 2 aromatic rings. The number of hydrogen-bond donors (Lipinski definition) is 2. The zero-order valence-electron chi connectivity index (χ0n) is 13.3. The van der Waals surface area contributed by atoms with E-state index in [1.807, 2.05) is 0 Å². The Bertz CT molecular complexity index is 837. The van der Waals surface area contributed by atoms with E-state index in [9.17, 15) is 33.6 Å². The summed E-state index contributed by atoms with van der Waals surface area (Å²) in [5.74, 6) is -3.88. The van der Waals surface area contributed by atoms with Gasteiger partial charge in [-0.15, -0.1) is 0 Å². The number of carbonyl (C=O) groups is 2. The van der Waals surface area contributed by atoms with Crippen molar-refractivity contribution in [3.05, 3.63) is 75.3 Å². The van der Waals surface area contributed by atoms with Crippen molar-refractivity contribution in [3.63, 3.8) is 0 Å². The largest absolute Gasteiger partial charge is 0.480 e. The van der Waals surface area contributed by atoms with Gasteiger partial charge in [0.05, 0.1) is 11.3 Å². The fourth-order valence-electron chi connectivity index (χ4n) is 2.43. The van der Waals surface area contributed by atoms with Crippen molar-refractivity contribution < 1.29 is 28.4 Å². The normalized spacial score (nSPS) is 11.6. The van der Waals surface area contributed by atoms with Crippen LogP contribution in [0.25, 0.3) is 0 Å². The van der Waals surface area contributed by atoms with E-state index in [-0.39, 0.29) is 23.2 Å². The van der Waals surface area contributed by atoms with Crippen LogP contribution in [-0.2, 0) is 22.4 Å². The second-order valence-electron chi connectivity index (χ2n) is 5.50. The highest BCUT2D eigenvalue weighted by molar-refractivity contribution is 5.85. The highest BCUT2D eigenvalue weighted by Gasteiger charge is 2.24. The van der Waals surface area contributed by atoms with Crippen LogP contribution in [0.2, 0.25) is 0 Å². The molecule has 136 valence electrons. The number of amides is 1. The van der Waals surface area contributed by atoms with Crippen LogP contribution in [0.4, 0.5) is 14.5 Å². The Morgan fingerprint density at radius 3 is 2.35 bits per heavy atom. The molecule has 7 nitrogen and oxygen atoms in total. The van der Waals surface area contributed by atoms with Gasteiger partial charge in [0, 0.05) is 24.1 Å². The molecule has 0 spiro atoms. The summed E-state index contributed by atoms with van der Waals surface area (Å²) in [7, 11) is 0. The molecule has 1 amide bonds. The molecule has 0 unspecified atom stereocenters. The average molecular weight is 364 g/mol. The van der Waals surface area contributed by atoms with E-state index in [0.717, 1.165) is 12.1 Å². The monoisotopic (exact) mass is 364 g/mol. The summed E-state index contributed by atoms with van der Waals surface area (Å²) >= 11 is 0. The number of carbonyl (C=O) groups excluding carboxylic acids is 1. The SMILES string of the molecule is O=C(Cc1cc(F)cc(F)c1)N[C@H](Cc1ccccc1[N+](=O)[O-])C(=O)O. The Morgan fingerprint density at radius 1 is 1.15 bits per heavy atom. The van der Waals surface area contributed by atoms with Gasteiger partial charge in [0.15, 0.2) is 0 Å². The molecule has 2 aromatic carbocycles. The molecular weight excluding hydrogens is 350 g/mol. The fraction of sp³-hybridized carbons (Fsp3) is 0.176. The predicted molar refractivity (Wildman–Crippen MR) is 86.4 cm³/mol. The van der Waals surface area contributed by atoms with Crippen molar-refractivity contribution in [2.75, 3.05) is 0 Å². The third kappa shape index (κ3) is 5.07. The maximum atomic E-state index is 13.1. The van der Waals surface area contributed by atoms with Crippen molar-refractivity contribution in [1.29, 1.82) is 0 Å². The van der Waals surface area contributed by atoms with Gasteiger partial charge < -0.3 is 10.4 Å². The smallest absolute Gasteiger partial charge is 0.326 e. The molecule has 2 N–H and O–H groups in total. The number of nitrogens with one attached hydrogen (secondary N) is 1. The molecule has 0 radical (unpaired) electrons. The molecule has 2 rings (SSSR count). The molecule has 0 saturated heterocycles. The Balaban J connectivity index is 2.12. The van der Waals surface area contributed by atoms with Gasteiger partial charge in [0.25, 0.3) is 5.69 Å². The lowest BCUT2D eigenvalue weighted by Crippen LogP contribution is -2.43. The Kier molecular flexibility index (Phi) is 5.94. The summed E-state index contributed by atoms with van der Waals surface area (Å²) in [4.78, 5) is 33.7. The van der Waals surface area contributed by atoms with Crippen molar-refractivity contribution in [2.45, 2.75) is 18.9 Å². The van der Waals surface area contributed by atoms with E-state index in [2.05, 4.69) is 5.32 Å². The van der Waals surface area contributed by atoms with E-state index >= 15 is 0 Å². The van der Waals surface area contributed by atoms with Gasteiger partial charge in [-0.1, -0.05) is 18.2 Å². The third-order valence-corrected chi connectivity index (χ3v) is 3.53. The fourth-order valence-corrected chi connectivity index (χ4v) is 2.43. The van der Waals surface area contributed by atoms with Gasteiger partial charge in [0.2, 0.25) is 5.91 Å². The number of nitro groups is 1. The summed E-state index contributed by atoms with van der Waals surface area (Å²) < 4.78 is 26.3. The molecule has 0 heterocycles. The number of carboxylic acid groups (broad SMARTS) is 1. The van der Waals surface area contributed by atoms with Crippen LogP contribution in [0.1, 0.15) is 11.1 Å². The third-order valence-electron chi connectivity index (χ3n) is 3.53. The lowest BCUT2D eigenvalue weighted by atomic mass is 10.0. The molecule has 0 saturated carbocycles. The molecule has 0 aliphatic heterocycles. The van der Waals surface area contributed by atoms with Crippen LogP contribution in [0.15, 0.2) is 42.5 Å². The van der Waals surface area contributed by atoms with Gasteiger partial charge in [-0.25, -0.2) is 13.6 Å². The summed E-state index contributed by atoms with van der Waals surface area (Å²) in [5, 5.41) is 22.5. The maximum absolute atomic E-state index is 13.1. The van der Waals surface area contributed by atoms with Crippen LogP contribution in [0.5, 0.6) is 0 Å². The molecule has 9 heteroatoms. The number of nitrogens with zero attached hydrogens (tertiary/aromatic N) is 1. The quantitative estimate of drug-likeness (QED) is 0.578. The van der Waals surface area contributed by atoms with E-state index in [0.29, 0.717) is 6.07 Å². The number of halogens is 2. The minimum Gasteiger partial charge on any atom is -0.480 e. The minimum atomic E-state index is -1.43. The van der Waals surface area contributed by atoms with Gasteiger partial charge in [0.1, 0.15) is 17.7 Å². The second-order valence-corrected chi connectivity index (χ2v) is 5.50. The van der Waals surface area contributed by atoms with Crippen molar-refractivity contribution in [3.8, 4) is 0 Å². The molecular formula is C17H14F2N2O5. The molecule has 0 fully saturated rings. The minimum absolute atomic E-state index is 0.0369. The number of rotatable bonds is 7. The van der Waals surface area contributed by atoms with E-state index in [1.54, 1.807) is 0 Å². The van der Waals surface area contributed by atoms with Gasteiger partial charge in [-0.2, -0.15) is 0 Å². The molecule has 26 heavy (non-hydrogen) atoms. The van der Waals surface area contributed by atoms with Gasteiger partial charge in [-0.05, 0) is 17.7 Å². The van der Waals surface area contributed by atoms with Crippen LogP contribution in [0, 0.1) is 21.7 Å². The van der Waals surface area contributed by atoms with Gasteiger partial charge >= 0.3 is 5.97 Å². The number of para-hydroxylation sites is 1. The van der Waals surface area contributed by atoms with Crippen molar-refractivity contribution >= 4 is 17.6 Å². The van der Waals surface area contributed by atoms with E-state index < -0.39 is 40.9 Å². The van der Waals surface area contributed by atoms with Crippen LogP contribution >= 0.6 is 0 Å². The maximum Gasteiger partial charge on any atom is 0.326 e. The van der Waals surface area contributed by atoms with Crippen LogP contribution in [0.3, 0.4) is 0 Å². The summed E-state index contributed by atoms with van der Waals surface area (Å²) in [6.07, 6.45) is -0.745. The second kappa shape index (κ2) is 8.15. The first-order valence-electron chi connectivity index (χ1n) is 7.45. The highest BCUT2D eigenvalue weighted by atomic mass is 19.1. The molecule has 0 aliphatic rings. The number of carboxylic acids is 1. The summed E-state index contributed by atoms with van der Waals surface area (Å²) in [6, 6.07) is 6.71. The first-order valence-corrected chi connectivity index (χ1v) is 7.45. The Morgan fingerprint density at radius 2 is 1.77 bits per heavy atom.